The lowest BCUT2D eigenvalue weighted by atomic mass is 10.0. The van der Waals surface area contributed by atoms with Crippen molar-refractivity contribution in [2.24, 2.45) is 0 Å². The first kappa shape index (κ1) is 12.6. The number of hydrogen-bond acceptors (Lipinski definition) is 2. The Morgan fingerprint density at radius 2 is 2.07 bits per heavy atom. The zero-order valence-electron chi connectivity index (χ0n) is 8.29. The van der Waals surface area contributed by atoms with Crippen LogP contribution in [0.5, 0.6) is 0 Å². The van der Waals surface area contributed by atoms with Crippen LogP contribution in [-0.2, 0) is 0 Å². The molecule has 84 valence electrons. The molecule has 1 aromatic carbocycles. The molecule has 1 rings (SSSR count). The van der Waals surface area contributed by atoms with Crippen LogP contribution in [0.1, 0.15) is 30.9 Å². The van der Waals surface area contributed by atoms with Crippen LogP contribution in [-0.4, -0.2) is 16.8 Å². The number of hydrogen-bond donors (Lipinski definition) is 2. The highest BCUT2D eigenvalue weighted by atomic mass is 79.9. The average Bonchev–Trinajstić information content (AvgIpc) is 2.22. The molecular weight excluding hydrogens is 263 g/mol. The second-order valence-corrected chi connectivity index (χ2v) is 4.26. The molecule has 1 unspecified atom stereocenters. The molecule has 0 aliphatic rings. The van der Waals surface area contributed by atoms with Crippen molar-refractivity contribution >= 4 is 15.9 Å². The Hall–Kier alpha value is -0.450. The molecule has 1 aromatic rings. The maximum Gasteiger partial charge on any atom is 0.123 e. The summed E-state index contributed by atoms with van der Waals surface area (Å²) < 4.78 is 13.6. The standard InChI is InChI=1S/C11H14BrFO2/c12-10-5-4-8(13)7-9(10)11(15)3-1-2-6-14/h4-5,7,11,14-15H,1-3,6H2. The second-order valence-electron chi connectivity index (χ2n) is 3.40. The second kappa shape index (κ2) is 6.20. The Balaban J connectivity index is 2.64. The molecule has 2 nitrogen and oxygen atoms in total. The molecule has 0 fully saturated rings. The zero-order valence-corrected chi connectivity index (χ0v) is 9.87. The zero-order chi connectivity index (χ0) is 11.3. The Labute approximate surface area is 96.9 Å². The molecule has 0 radical (unpaired) electrons. The molecule has 0 saturated heterocycles. The van der Waals surface area contributed by atoms with Crippen molar-refractivity contribution < 1.29 is 14.6 Å². The smallest absolute Gasteiger partial charge is 0.123 e. The maximum atomic E-state index is 12.9. The number of benzene rings is 1. The molecule has 0 bridgehead atoms. The molecule has 4 heteroatoms. The van der Waals surface area contributed by atoms with Crippen LogP contribution in [0.2, 0.25) is 0 Å². The molecule has 2 N–H and O–H groups in total. The molecule has 0 aromatic heterocycles. The number of aliphatic hydroxyl groups is 2. The van der Waals surface area contributed by atoms with E-state index < -0.39 is 6.10 Å². The SMILES string of the molecule is OCCCCC(O)c1cc(F)ccc1Br. The van der Waals surface area contributed by atoms with Crippen molar-refractivity contribution in [2.45, 2.75) is 25.4 Å². The van der Waals surface area contributed by atoms with Crippen LogP contribution < -0.4 is 0 Å². The first-order valence-electron chi connectivity index (χ1n) is 4.89. The molecule has 0 spiro atoms. The van der Waals surface area contributed by atoms with Crippen LogP contribution in [0.3, 0.4) is 0 Å². The predicted octanol–water partition coefficient (Wildman–Crippen LogP) is 2.78. The van der Waals surface area contributed by atoms with Crippen molar-refractivity contribution in [3.63, 3.8) is 0 Å². The summed E-state index contributed by atoms with van der Waals surface area (Å²) in [6, 6.07) is 4.25. The summed E-state index contributed by atoms with van der Waals surface area (Å²) in [5, 5.41) is 18.4. The Bertz CT molecular complexity index is 317. The highest BCUT2D eigenvalue weighted by molar-refractivity contribution is 9.10. The third-order valence-electron chi connectivity index (χ3n) is 2.20. The largest absolute Gasteiger partial charge is 0.396 e. The van der Waals surface area contributed by atoms with Crippen LogP contribution in [0.15, 0.2) is 22.7 Å². The van der Waals surface area contributed by atoms with Crippen molar-refractivity contribution in [3.05, 3.63) is 34.1 Å². The summed E-state index contributed by atoms with van der Waals surface area (Å²) in [5.41, 5.74) is 0.563. The van der Waals surface area contributed by atoms with Gasteiger partial charge in [-0.2, -0.15) is 0 Å². The minimum absolute atomic E-state index is 0.122. The van der Waals surface area contributed by atoms with Crippen LogP contribution >= 0.6 is 15.9 Å². The minimum Gasteiger partial charge on any atom is -0.396 e. The fourth-order valence-corrected chi connectivity index (χ4v) is 1.89. The first-order chi connectivity index (χ1) is 7.15. The van der Waals surface area contributed by atoms with Crippen LogP contribution in [0.4, 0.5) is 4.39 Å². The monoisotopic (exact) mass is 276 g/mol. The quantitative estimate of drug-likeness (QED) is 0.812. The summed E-state index contributed by atoms with van der Waals surface area (Å²) >= 11 is 3.26. The summed E-state index contributed by atoms with van der Waals surface area (Å²) in [7, 11) is 0. The highest BCUT2D eigenvalue weighted by Crippen LogP contribution is 2.27. The van der Waals surface area contributed by atoms with E-state index in [0.717, 1.165) is 6.42 Å². The lowest BCUT2D eigenvalue weighted by Crippen LogP contribution is -2.00. The molecule has 0 aliphatic carbocycles. The van der Waals surface area contributed by atoms with Crippen molar-refractivity contribution in [1.29, 1.82) is 0 Å². The van der Waals surface area contributed by atoms with E-state index in [2.05, 4.69) is 15.9 Å². The number of halogens is 2. The van der Waals surface area contributed by atoms with Crippen molar-refractivity contribution in [2.75, 3.05) is 6.61 Å². The van der Waals surface area contributed by atoms with Gasteiger partial charge in [0.1, 0.15) is 5.82 Å². The minimum atomic E-state index is -0.679. The van der Waals surface area contributed by atoms with Gasteiger partial charge in [0.05, 0.1) is 6.10 Å². The molecule has 1 atom stereocenters. The fourth-order valence-electron chi connectivity index (χ4n) is 1.37. The van der Waals surface area contributed by atoms with Crippen molar-refractivity contribution in [3.8, 4) is 0 Å². The third kappa shape index (κ3) is 3.89. The highest BCUT2D eigenvalue weighted by Gasteiger charge is 2.11. The third-order valence-corrected chi connectivity index (χ3v) is 2.92. The van der Waals surface area contributed by atoms with E-state index in [9.17, 15) is 9.50 Å². The van der Waals surface area contributed by atoms with Gasteiger partial charge in [-0.15, -0.1) is 0 Å². The summed E-state index contributed by atoms with van der Waals surface area (Å²) in [4.78, 5) is 0. The van der Waals surface area contributed by atoms with Gasteiger partial charge in [-0.25, -0.2) is 4.39 Å². The van der Waals surface area contributed by atoms with Crippen molar-refractivity contribution in [1.82, 2.24) is 0 Å². The van der Waals surface area contributed by atoms with E-state index in [0.29, 0.717) is 22.9 Å². The van der Waals surface area contributed by atoms with Gasteiger partial charge in [-0.05, 0) is 43.0 Å². The average molecular weight is 277 g/mol. The lowest BCUT2D eigenvalue weighted by molar-refractivity contribution is 0.158. The van der Waals surface area contributed by atoms with E-state index in [1.807, 2.05) is 0 Å². The molecular formula is C11H14BrFO2. The van der Waals surface area contributed by atoms with Gasteiger partial charge in [-0.3, -0.25) is 0 Å². The summed E-state index contributed by atoms with van der Waals surface area (Å²) in [6.45, 7) is 0.122. The van der Waals surface area contributed by atoms with Gasteiger partial charge < -0.3 is 10.2 Å². The lowest BCUT2D eigenvalue weighted by Gasteiger charge is -2.12. The maximum absolute atomic E-state index is 12.9. The van der Waals surface area contributed by atoms with Crippen LogP contribution in [0, 0.1) is 5.82 Å². The normalized spacial score (nSPS) is 12.8. The summed E-state index contributed by atoms with van der Waals surface area (Å²) in [5.74, 6) is -0.352. The molecule has 15 heavy (non-hydrogen) atoms. The predicted molar refractivity (Wildman–Crippen MR) is 60.0 cm³/mol. The number of unbranched alkanes of at least 4 members (excludes halogenated alkanes) is 1. The van der Waals surface area contributed by atoms with Gasteiger partial charge in [0.15, 0.2) is 0 Å². The van der Waals surface area contributed by atoms with Gasteiger partial charge >= 0.3 is 0 Å². The van der Waals surface area contributed by atoms with E-state index >= 15 is 0 Å². The molecule has 0 heterocycles. The van der Waals surface area contributed by atoms with E-state index in [4.69, 9.17) is 5.11 Å². The van der Waals surface area contributed by atoms with Gasteiger partial charge in [0.25, 0.3) is 0 Å². The Kier molecular flexibility index (Phi) is 5.22. The van der Waals surface area contributed by atoms with Crippen LogP contribution in [0.25, 0.3) is 0 Å². The topological polar surface area (TPSA) is 40.5 Å². The van der Waals surface area contributed by atoms with E-state index in [-0.39, 0.29) is 12.4 Å². The Morgan fingerprint density at radius 1 is 1.33 bits per heavy atom. The van der Waals surface area contributed by atoms with Gasteiger partial charge in [0, 0.05) is 11.1 Å². The number of aliphatic hydroxyl groups excluding tert-OH is 2. The fraction of sp³-hybridized carbons (Fsp3) is 0.455. The van der Waals surface area contributed by atoms with E-state index in [1.54, 1.807) is 6.07 Å². The molecule has 0 aliphatic heterocycles. The molecule has 0 amide bonds. The van der Waals surface area contributed by atoms with Gasteiger partial charge in [-0.1, -0.05) is 15.9 Å². The first-order valence-corrected chi connectivity index (χ1v) is 5.68. The molecule has 0 saturated carbocycles. The summed E-state index contributed by atoms with van der Waals surface area (Å²) in [6.07, 6.45) is 1.23. The van der Waals surface area contributed by atoms with E-state index in [1.165, 1.54) is 12.1 Å². The number of rotatable bonds is 5. The Morgan fingerprint density at radius 3 is 2.73 bits per heavy atom. The van der Waals surface area contributed by atoms with Gasteiger partial charge in [0.2, 0.25) is 0 Å².